The number of para-hydroxylation sites is 1. The first-order chi connectivity index (χ1) is 10.1. The summed E-state index contributed by atoms with van der Waals surface area (Å²) in [4.78, 5) is 5.02. The summed E-state index contributed by atoms with van der Waals surface area (Å²) >= 11 is 0. The lowest BCUT2D eigenvalue weighted by Gasteiger charge is -2.32. The minimum Gasteiger partial charge on any atom is -0.347 e. The summed E-state index contributed by atoms with van der Waals surface area (Å²) in [6.07, 6.45) is 2.43. The monoisotopic (exact) mass is 285 g/mol. The van der Waals surface area contributed by atoms with Crippen molar-refractivity contribution in [3.8, 4) is 0 Å². The van der Waals surface area contributed by atoms with Crippen LogP contribution in [0.4, 0.5) is 0 Å². The molecule has 1 aromatic carbocycles. The van der Waals surface area contributed by atoms with Gasteiger partial charge in [-0.1, -0.05) is 18.2 Å². The summed E-state index contributed by atoms with van der Waals surface area (Å²) in [6.45, 7) is 8.32. The molecule has 1 fully saturated rings. The van der Waals surface area contributed by atoms with E-state index in [4.69, 9.17) is 0 Å². The Balaban J connectivity index is 1.61. The number of benzene rings is 1. The van der Waals surface area contributed by atoms with Crippen LogP contribution in [0.2, 0.25) is 0 Å². The first kappa shape index (κ1) is 14.6. The van der Waals surface area contributed by atoms with Gasteiger partial charge >= 0.3 is 0 Å². The molecule has 3 heteroatoms. The van der Waals surface area contributed by atoms with E-state index >= 15 is 0 Å². The molecule has 0 atom stereocenters. The van der Waals surface area contributed by atoms with Crippen molar-refractivity contribution in [2.24, 2.45) is 7.05 Å². The average molecular weight is 285 g/mol. The number of fused-ring (bicyclic) bond motifs is 1. The molecule has 0 unspecified atom stereocenters. The Bertz CT molecular complexity index is 606. The van der Waals surface area contributed by atoms with E-state index in [0.717, 1.165) is 0 Å². The molecule has 1 aromatic heterocycles. The van der Waals surface area contributed by atoms with E-state index in [1.165, 1.54) is 67.7 Å². The van der Waals surface area contributed by atoms with Crippen molar-refractivity contribution in [1.29, 1.82) is 0 Å². The molecule has 21 heavy (non-hydrogen) atoms. The van der Waals surface area contributed by atoms with Gasteiger partial charge in [0.05, 0.1) is 5.52 Å². The third-order valence-electron chi connectivity index (χ3n) is 4.86. The van der Waals surface area contributed by atoms with Gasteiger partial charge in [-0.2, -0.15) is 0 Å². The molecule has 0 radical (unpaired) electrons. The van der Waals surface area contributed by atoms with Gasteiger partial charge in [0.15, 0.2) is 0 Å². The predicted octanol–water partition coefficient (Wildman–Crippen LogP) is 2.67. The molecule has 1 saturated heterocycles. The summed E-state index contributed by atoms with van der Waals surface area (Å²) in [6, 6.07) is 8.96. The van der Waals surface area contributed by atoms with Crippen LogP contribution in [-0.2, 0) is 13.5 Å². The van der Waals surface area contributed by atoms with E-state index in [1.807, 2.05) is 0 Å². The molecule has 0 N–H and O–H groups in total. The lowest BCUT2D eigenvalue weighted by atomic mass is 10.1. The third kappa shape index (κ3) is 3.14. The summed E-state index contributed by atoms with van der Waals surface area (Å²) in [5.41, 5.74) is 4.24. The second-order valence-corrected chi connectivity index (χ2v) is 6.46. The van der Waals surface area contributed by atoms with Gasteiger partial charge < -0.3 is 14.4 Å². The molecular formula is C18H27N3. The van der Waals surface area contributed by atoms with E-state index in [-0.39, 0.29) is 0 Å². The van der Waals surface area contributed by atoms with Crippen LogP contribution in [0.15, 0.2) is 24.3 Å². The normalized spacial score (nSPS) is 17.7. The molecule has 3 nitrogen and oxygen atoms in total. The fraction of sp³-hybridized carbons (Fsp3) is 0.556. The van der Waals surface area contributed by atoms with Gasteiger partial charge in [-0.25, -0.2) is 0 Å². The number of rotatable bonds is 4. The van der Waals surface area contributed by atoms with Crippen LogP contribution in [0.5, 0.6) is 0 Å². The highest BCUT2D eigenvalue weighted by atomic mass is 15.2. The first-order valence-corrected chi connectivity index (χ1v) is 8.10. The Labute approximate surface area is 128 Å². The van der Waals surface area contributed by atoms with E-state index in [0.29, 0.717) is 0 Å². The molecule has 2 aromatic rings. The van der Waals surface area contributed by atoms with Crippen LogP contribution in [0.1, 0.15) is 17.7 Å². The van der Waals surface area contributed by atoms with Gasteiger partial charge in [0, 0.05) is 44.3 Å². The molecule has 0 amide bonds. The van der Waals surface area contributed by atoms with Crippen LogP contribution in [0, 0.1) is 6.92 Å². The van der Waals surface area contributed by atoms with Crippen LogP contribution in [-0.4, -0.2) is 54.1 Å². The van der Waals surface area contributed by atoms with Crippen LogP contribution >= 0.6 is 0 Å². The summed E-state index contributed by atoms with van der Waals surface area (Å²) < 4.78 is 2.38. The Morgan fingerprint density at radius 2 is 1.81 bits per heavy atom. The van der Waals surface area contributed by atoms with Gasteiger partial charge in [-0.3, -0.25) is 0 Å². The van der Waals surface area contributed by atoms with Crippen LogP contribution < -0.4 is 0 Å². The number of aryl methyl sites for hydroxylation is 3. The highest BCUT2D eigenvalue weighted by Gasteiger charge is 2.13. The van der Waals surface area contributed by atoms with Crippen LogP contribution in [0.25, 0.3) is 10.9 Å². The maximum Gasteiger partial charge on any atom is 0.0509 e. The fourth-order valence-corrected chi connectivity index (χ4v) is 3.47. The topological polar surface area (TPSA) is 11.4 Å². The van der Waals surface area contributed by atoms with Crippen molar-refractivity contribution in [2.75, 3.05) is 39.8 Å². The van der Waals surface area contributed by atoms with Gasteiger partial charge in [0.2, 0.25) is 0 Å². The predicted molar refractivity (Wildman–Crippen MR) is 89.9 cm³/mol. The van der Waals surface area contributed by atoms with E-state index < -0.39 is 0 Å². The lowest BCUT2D eigenvalue weighted by Crippen LogP contribution is -2.44. The Morgan fingerprint density at radius 3 is 2.52 bits per heavy atom. The number of likely N-dealkylation sites (N-methyl/N-ethyl adjacent to an activating group) is 1. The third-order valence-corrected chi connectivity index (χ3v) is 4.86. The smallest absolute Gasteiger partial charge is 0.0509 e. The van der Waals surface area contributed by atoms with Gasteiger partial charge in [-0.15, -0.1) is 0 Å². The van der Waals surface area contributed by atoms with Crippen molar-refractivity contribution in [3.63, 3.8) is 0 Å². The first-order valence-electron chi connectivity index (χ1n) is 8.10. The second kappa shape index (κ2) is 6.20. The molecule has 0 spiro atoms. The zero-order valence-electron chi connectivity index (χ0n) is 13.6. The molecule has 2 heterocycles. The highest BCUT2D eigenvalue weighted by Crippen LogP contribution is 2.22. The van der Waals surface area contributed by atoms with Crippen molar-refractivity contribution in [1.82, 2.24) is 14.4 Å². The van der Waals surface area contributed by atoms with E-state index in [2.05, 4.69) is 59.7 Å². The van der Waals surface area contributed by atoms with Gasteiger partial charge in [-0.05, 0) is 45.0 Å². The summed E-state index contributed by atoms with van der Waals surface area (Å²) in [5.74, 6) is 0. The standard InChI is InChI=1S/C18H27N3/c1-15-6-4-7-16-14-17(20(3)18(15)16)8-5-9-21-12-10-19(2)11-13-21/h4,6-7,14H,5,8-13H2,1-3H3. The van der Waals surface area contributed by atoms with Crippen LogP contribution in [0.3, 0.4) is 0 Å². The maximum atomic E-state index is 2.61. The SMILES string of the molecule is Cc1cccc2cc(CCCN3CCN(C)CC3)n(C)c12. The summed E-state index contributed by atoms with van der Waals surface area (Å²) in [5, 5.41) is 1.38. The minimum absolute atomic E-state index is 1.18. The average Bonchev–Trinajstić information content (AvgIpc) is 2.79. The number of hydrogen-bond acceptors (Lipinski definition) is 2. The number of piperazine rings is 1. The number of hydrogen-bond donors (Lipinski definition) is 0. The Kier molecular flexibility index (Phi) is 4.32. The second-order valence-electron chi connectivity index (χ2n) is 6.46. The quantitative estimate of drug-likeness (QED) is 0.855. The molecule has 3 rings (SSSR count). The highest BCUT2D eigenvalue weighted by molar-refractivity contribution is 5.84. The number of nitrogens with zero attached hydrogens (tertiary/aromatic N) is 3. The van der Waals surface area contributed by atoms with Crippen molar-refractivity contribution in [2.45, 2.75) is 19.8 Å². The zero-order chi connectivity index (χ0) is 14.8. The molecule has 1 aliphatic rings. The Hall–Kier alpha value is -1.32. The largest absolute Gasteiger partial charge is 0.347 e. The zero-order valence-corrected chi connectivity index (χ0v) is 13.6. The van der Waals surface area contributed by atoms with Crippen molar-refractivity contribution in [3.05, 3.63) is 35.5 Å². The van der Waals surface area contributed by atoms with Gasteiger partial charge in [0.25, 0.3) is 0 Å². The van der Waals surface area contributed by atoms with Crippen molar-refractivity contribution < 1.29 is 0 Å². The summed E-state index contributed by atoms with van der Waals surface area (Å²) in [7, 11) is 4.43. The maximum absolute atomic E-state index is 2.61. The molecular weight excluding hydrogens is 258 g/mol. The van der Waals surface area contributed by atoms with E-state index in [1.54, 1.807) is 0 Å². The minimum atomic E-state index is 1.18. The molecule has 114 valence electrons. The lowest BCUT2D eigenvalue weighted by molar-refractivity contribution is 0.153. The van der Waals surface area contributed by atoms with Gasteiger partial charge in [0.1, 0.15) is 0 Å². The van der Waals surface area contributed by atoms with E-state index in [9.17, 15) is 0 Å². The number of aromatic nitrogens is 1. The van der Waals surface area contributed by atoms with Crippen molar-refractivity contribution >= 4 is 10.9 Å². The fourth-order valence-electron chi connectivity index (χ4n) is 3.47. The Morgan fingerprint density at radius 1 is 1.05 bits per heavy atom. The molecule has 0 aliphatic carbocycles. The molecule has 0 bridgehead atoms. The molecule has 1 aliphatic heterocycles. The molecule has 0 saturated carbocycles.